The molecular formula is C23H19F4N11O3. The van der Waals surface area contributed by atoms with Gasteiger partial charge in [0.1, 0.15) is 29.3 Å². The first-order valence-electron chi connectivity index (χ1n) is 12.0. The van der Waals surface area contributed by atoms with Crippen molar-refractivity contribution in [3.05, 3.63) is 60.4 Å². The lowest BCUT2D eigenvalue weighted by atomic mass is 10.1. The van der Waals surface area contributed by atoms with Crippen LogP contribution in [-0.4, -0.2) is 76.8 Å². The maximum Gasteiger partial charge on any atom is 0.387 e. The summed E-state index contributed by atoms with van der Waals surface area (Å²) in [5, 5.41) is 26.7. The minimum Gasteiger partial charge on any atom is -0.435 e. The van der Waals surface area contributed by atoms with Crippen LogP contribution in [0.25, 0.3) is 16.9 Å². The second-order valence-corrected chi connectivity index (χ2v) is 8.74. The summed E-state index contributed by atoms with van der Waals surface area (Å²) in [6.07, 6.45) is 5.80. The van der Waals surface area contributed by atoms with Crippen LogP contribution in [0.4, 0.5) is 23.2 Å². The lowest BCUT2D eigenvalue weighted by Crippen LogP contribution is -2.44. The van der Waals surface area contributed by atoms with E-state index in [2.05, 4.69) is 50.7 Å². The summed E-state index contributed by atoms with van der Waals surface area (Å²) >= 11 is 0. The Morgan fingerprint density at radius 3 is 2.73 bits per heavy atom. The van der Waals surface area contributed by atoms with Gasteiger partial charge in [0.2, 0.25) is 0 Å². The Labute approximate surface area is 226 Å². The van der Waals surface area contributed by atoms with E-state index in [0.29, 0.717) is 13.1 Å². The molecule has 1 saturated heterocycles. The number of anilines is 1. The van der Waals surface area contributed by atoms with Crippen LogP contribution >= 0.6 is 0 Å². The molecule has 1 amide bonds. The first-order chi connectivity index (χ1) is 19.8. The molecule has 212 valence electrons. The lowest BCUT2D eigenvalue weighted by molar-refractivity contribution is -0.0526. The average molecular weight is 573 g/mol. The number of aromatic nitrogens is 9. The first-order valence-corrected chi connectivity index (χ1v) is 12.0. The van der Waals surface area contributed by atoms with E-state index in [0.717, 1.165) is 18.2 Å². The van der Waals surface area contributed by atoms with E-state index in [1.807, 2.05) is 0 Å². The zero-order chi connectivity index (χ0) is 28.5. The van der Waals surface area contributed by atoms with E-state index in [-0.39, 0.29) is 58.1 Å². The summed E-state index contributed by atoms with van der Waals surface area (Å²) in [5.74, 6) is -1.08. The molecule has 41 heavy (non-hydrogen) atoms. The quantitative estimate of drug-likeness (QED) is 0.238. The predicted molar refractivity (Wildman–Crippen MR) is 131 cm³/mol. The Morgan fingerprint density at radius 2 is 1.98 bits per heavy atom. The van der Waals surface area contributed by atoms with Gasteiger partial charge in [0.05, 0.1) is 23.5 Å². The van der Waals surface area contributed by atoms with E-state index in [1.165, 1.54) is 32.6 Å². The highest BCUT2D eigenvalue weighted by Gasteiger charge is 2.25. The van der Waals surface area contributed by atoms with Gasteiger partial charge in [0, 0.05) is 31.7 Å². The molecule has 0 radical (unpaired) electrons. The smallest absolute Gasteiger partial charge is 0.387 e. The van der Waals surface area contributed by atoms with Crippen LogP contribution in [0, 0.1) is 0 Å². The Morgan fingerprint density at radius 1 is 1.15 bits per heavy atom. The van der Waals surface area contributed by atoms with Crippen molar-refractivity contribution in [3.8, 4) is 22.8 Å². The van der Waals surface area contributed by atoms with Crippen molar-refractivity contribution in [2.75, 3.05) is 18.4 Å². The van der Waals surface area contributed by atoms with E-state index in [1.54, 1.807) is 12.3 Å². The number of carbonyl (C=O) groups excluding carboxylic acids is 1. The number of alkyl halides is 4. The Hall–Kier alpha value is -5.13. The number of rotatable bonds is 10. The molecule has 1 aliphatic rings. The molecule has 4 aromatic heterocycles. The predicted octanol–water partition coefficient (Wildman–Crippen LogP) is 2.23. The van der Waals surface area contributed by atoms with E-state index in [4.69, 9.17) is 0 Å². The number of hydrogen-bond donors (Lipinski definition) is 2. The van der Waals surface area contributed by atoms with Crippen molar-refractivity contribution in [2.24, 2.45) is 0 Å². The fourth-order valence-electron chi connectivity index (χ4n) is 4.09. The monoisotopic (exact) mass is 573 g/mol. The third-order valence-electron chi connectivity index (χ3n) is 6.04. The summed E-state index contributed by atoms with van der Waals surface area (Å²) in [5.41, 5.74) is 0.191. The van der Waals surface area contributed by atoms with Gasteiger partial charge in [0.25, 0.3) is 5.91 Å². The molecule has 6 rings (SSSR count). The molecule has 5 aromatic rings. The lowest BCUT2D eigenvalue weighted by Gasteiger charge is -2.24. The van der Waals surface area contributed by atoms with Gasteiger partial charge in [-0.25, -0.2) is 9.50 Å². The van der Waals surface area contributed by atoms with Gasteiger partial charge in [-0.2, -0.15) is 32.6 Å². The number of tetrazole rings is 1. The summed E-state index contributed by atoms with van der Waals surface area (Å²) in [6.45, 7) is -5.04. The molecular weight excluding hydrogens is 554 g/mol. The van der Waals surface area contributed by atoms with Crippen molar-refractivity contribution in [1.82, 2.24) is 49.9 Å². The SMILES string of the molecule is O=C(Nc1cn(Cc2nnn(C3CNC3)n2)nc1-c1cc(OC(F)F)ccc1OC(F)F)c1cnn2cccnc12. The first kappa shape index (κ1) is 26.1. The fraction of sp³-hybridized carbons (Fsp3) is 0.261. The maximum absolute atomic E-state index is 13.3. The highest BCUT2D eigenvalue weighted by molar-refractivity contribution is 6.09. The van der Waals surface area contributed by atoms with Gasteiger partial charge in [-0.1, -0.05) is 0 Å². The molecule has 1 fully saturated rings. The van der Waals surface area contributed by atoms with Gasteiger partial charge < -0.3 is 20.1 Å². The number of nitrogens with one attached hydrogen (secondary N) is 2. The molecule has 0 aliphatic carbocycles. The second-order valence-electron chi connectivity index (χ2n) is 8.74. The van der Waals surface area contributed by atoms with Crippen LogP contribution in [-0.2, 0) is 6.54 Å². The van der Waals surface area contributed by atoms with Crippen molar-refractivity contribution in [3.63, 3.8) is 0 Å². The zero-order valence-corrected chi connectivity index (χ0v) is 20.7. The minimum absolute atomic E-state index is 0.0143. The van der Waals surface area contributed by atoms with Gasteiger partial charge >= 0.3 is 13.2 Å². The van der Waals surface area contributed by atoms with Crippen molar-refractivity contribution in [1.29, 1.82) is 0 Å². The number of fused-ring (bicyclic) bond motifs is 1. The van der Waals surface area contributed by atoms with Gasteiger partial charge in [-0.05, 0) is 29.5 Å². The van der Waals surface area contributed by atoms with Crippen LogP contribution in [0.15, 0.2) is 49.1 Å². The summed E-state index contributed by atoms with van der Waals surface area (Å²) in [7, 11) is 0. The standard InChI is InChI=1S/C23H19F4N11O3/c24-22(25)40-13-2-3-17(41-23(26)27)14(6-13)19-16(31-21(39)15-9-30-37-5-1-4-29-20(15)37)10-36(34-19)11-18-32-35-38(33-18)12-7-28-8-12/h1-6,9-10,12,22-23,28H,7-8,11H2,(H,31,39). The molecule has 1 aliphatic heterocycles. The van der Waals surface area contributed by atoms with E-state index < -0.39 is 19.1 Å². The molecule has 0 spiro atoms. The Kier molecular flexibility index (Phi) is 6.88. The largest absolute Gasteiger partial charge is 0.435 e. The zero-order valence-electron chi connectivity index (χ0n) is 20.7. The third-order valence-corrected chi connectivity index (χ3v) is 6.04. The van der Waals surface area contributed by atoms with Crippen LogP contribution in [0.1, 0.15) is 22.2 Å². The minimum atomic E-state index is -3.24. The van der Waals surface area contributed by atoms with Crippen LogP contribution in [0.5, 0.6) is 11.5 Å². The number of benzene rings is 1. The fourth-order valence-corrected chi connectivity index (χ4v) is 4.09. The van der Waals surface area contributed by atoms with Crippen LogP contribution < -0.4 is 20.1 Å². The highest BCUT2D eigenvalue weighted by atomic mass is 19.3. The number of nitrogens with zero attached hydrogens (tertiary/aromatic N) is 9. The molecule has 0 atom stereocenters. The topological polar surface area (TPSA) is 151 Å². The molecule has 14 nitrogen and oxygen atoms in total. The normalized spacial score (nSPS) is 13.6. The van der Waals surface area contributed by atoms with Gasteiger partial charge in [0.15, 0.2) is 11.5 Å². The summed E-state index contributed by atoms with van der Waals surface area (Å²) in [6, 6.07) is 4.84. The molecule has 5 heterocycles. The summed E-state index contributed by atoms with van der Waals surface area (Å²) in [4.78, 5) is 18.9. The average Bonchev–Trinajstić information content (AvgIpc) is 3.62. The number of ether oxygens (including phenoxy) is 2. The third kappa shape index (κ3) is 5.49. The Bertz CT molecular complexity index is 1700. The van der Waals surface area contributed by atoms with Crippen molar-refractivity contribution >= 4 is 17.2 Å². The molecule has 2 N–H and O–H groups in total. The van der Waals surface area contributed by atoms with Gasteiger partial charge in [-0.3, -0.25) is 9.48 Å². The molecule has 0 bridgehead atoms. The van der Waals surface area contributed by atoms with Gasteiger partial charge in [-0.15, -0.1) is 10.2 Å². The van der Waals surface area contributed by atoms with Crippen molar-refractivity contribution < 1.29 is 31.8 Å². The molecule has 18 heteroatoms. The highest BCUT2D eigenvalue weighted by Crippen LogP contribution is 2.38. The van der Waals surface area contributed by atoms with Crippen LogP contribution in [0.2, 0.25) is 0 Å². The molecule has 1 aromatic carbocycles. The number of hydrogen-bond acceptors (Lipinski definition) is 10. The van der Waals surface area contributed by atoms with Crippen LogP contribution in [0.3, 0.4) is 0 Å². The number of amides is 1. The van der Waals surface area contributed by atoms with E-state index in [9.17, 15) is 22.4 Å². The Balaban J connectivity index is 1.39. The maximum atomic E-state index is 13.3. The summed E-state index contributed by atoms with van der Waals surface area (Å²) < 4.78 is 64.2. The van der Waals surface area contributed by atoms with Crippen molar-refractivity contribution in [2.45, 2.75) is 25.8 Å². The number of carbonyl (C=O) groups is 1. The number of halogens is 4. The molecule has 0 unspecified atom stereocenters. The molecule has 0 saturated carbocycles. The van der Waals surface area contributed by atoms with E-state index >= 15 is 0 Å². The second kappa shape index (κ2) is 10.8.